The second-order valence-electron chi connectivity index (χ2n) is 4.33. The molecule has 1 fully saturated rings. The van der Waals surface area contributed by atoms with Crippen LogP contribution in [0.25, 0.3) is 0 Å². The molecule has 0 amide bonds. The van der Waals surface area contributed by atoms with Crippen molar-refractivity contribution in [2.75, 3.05) is 26.2 Å². The van der Waals surface area contributed by atoms with Gasteiger partial charge in [0.25, 0.3) is 0 Å². The van der Waals surface area contributed by atoms with Gasteiger partial charge in [-0.1, -0.05) is 6.07 Å². The van der Waals surface area contributed by atoms with Crippen molar-refractivity contribution in [1.29, 1.82) is 0 Å². The summed E-state index contributed by atoms with van der Waals surface area (Å²) < 4.78 is 38.3. The number of rotatable bonds is 2. The Labute approximate surface area is 118 Å². The van der Waals surface area contributed by atoms with Crippen molar-refractivity contribution < 1.29 is 13.2 Å². The van der Waals surface area contributed by atoms with E-state index < -0.39 is 11.7 Å². The van der Waals surface area contributed by atoms with Crippen LogP contribution in [0.3, 0.4) is 0 Å². The molecule has 1 aliphatic rings. The summed E-state index contributed by atoms with van der Waals surface area (Å²) in [4.78, 5) is 2.25. The molecule has 0 unspecified atom stereocenters. The summed E-state index contributed by atoms with van der Waals surface area (Å²) in [5, 5.41) is 3.25. The highest BCUT2D eigenvalue weighted by Gasteiger charge is 2.30. The van der Waals surface area contributed by atoms with E-state index >= 15 is 0 Å². The second kappa shape index (κ2) is 5.75. The Morgan fingerprint density at radius 1 is 1.22 bits per heavy atom. The first-order valence-electron chi connectivity index (χ1n) is 5.75. The fraction of sp³-hybridized carbons (Fsp3) is 0.500. The van der Waals surface area contributed by atoms with Crippen molar-refractivity contribution in [2.45, 2.75) is 12.7 Å². The predicted molar refractivity (Wildman–Crippen MR) is 72.3 cm³/mol. The van der Waals surface area contributed by atoms with Gasteiger partial charge in [-0.25, -0.2) is 0 Å². The van der Waals surface area contributed by atoms with Gasteiger partial charge in [-0.15, -0.1) is 0 Å². The number of hydrogen-bond donors (Lipinski definition) is 1. The molecule has 1 saturated heterocycles. The van der Waals surface area contributed by atoms with Crippen LogP contribution >= 0.6 is 22.6 Å². The number of nitrogens with one attached hydrogen (secondary N) is 1. The van der Waals surface area contributed by atoms with Gasteiger partial charge in [-0.2, -0.15) is 13.2 Å². The zero-order valence-corrected chi connectivity index (χ0v) is 11.9. The predicted octanol–water partition coefficient (Wildman–Crippen LogP) is 2.72. The smallest absolute Gasteiger partial charge is 0.314 e. The Hall–Kier alpha value is -0.340. The minimum Gasteiger partial charge on any atom is -0.314 e. The van der Waals surface area contributed by atoms with Gasteiger partial charge in [-0.3, -0.25) is 4.90 Å². The normalized spacial score (nSPS) is 18.0. The van der Waals surface area contributed by atoms with Gasteiger partial charge in [-0.05, 0) is 40.3 Å². The summed E-state index contributed by atoms with van der Waals surface area (Å²) in [7, 11) is 0. The van der Waals surface area contributed by atoms with Crippen LogP contribution in [0.5, 0.6) is 0 Å². The summed E-state index contributed by atoms with van der Waals surface area (Å²) in [6, 6.07) is 3.98. The van der Waals surface area contributed by atoms with Crippen molar-refractivity contribution in [2.24, 2.45) is 0 Å². The molecule has 6 heteroatoms. The maximum absolute atomic E-state index is 12.5. The van der Waals surface area contributed by atoms with Crippen LogP contribution in [0.2, 0.25) is 0 Å². The fourth-order valence-corrected chi connectivity index (χ4v) is 2.65. The molecular weight excluding hydrogens is 356 g/mol. The molecule has 100 valence electrons. The molecular formula is C12H14F3IN2. The van der Waals surface area contributed by atoms with Crippen molar-refractivity contribution in [3.8, 4) is 0 Å². The van der Waals surface area contributed by atoms with Crippen molar-refractivity contribution in [3.05, 3.63) is 32.9 Å². The van der Waals surface area contributed by atoms with E-state index in [9.17, 15) is 13.2 Å². The van der Waals surface area contributed by atoms with Crippen molar-refractivity contribution in [1.82, 2.24) is 10.2 Å². The zero-order valence-electron chi connectivity index (χ0n) is 9.73. The van der Waals surface area contributed by atoms with Gasteiger partial charge in [0.1, 0.15) is 0 Å². The van der Waals surface area contributed by atoms with Gasteiger partial charge >= 0.3 is 6.18 Å². The molecule has 1 aromatic carbocycles. The van der Waals surface area contributed by atoms with Gasteiger partial charge in [0, 0.05) is 36.3 Å². The maximum atomic E-state index is 12.5. The highest BCUT2D eigenvalue weighted by molar-refractivity contribution is 14.1. The number of alkyl halides is 3. The van der Waals surface area contributed by atoms with Gasteiger partial charge in [0.05, 0.1) is 5.56 Å². The standard InChI is InChI=1S/C12H14F3IN2/c13-12(14,15)10-2-1-9(11(16)7-10)8-18-5-3-17-4-6-18/h1-2,7,17H,3-6,8H2. The molecule has 0 spiro atoms. The summed E-state index contributed by atoms with van der Waals surface area (Å²) in [5.74, 6) is 0. The fourth-order valence-electron chi connectivity index (χ4n) is 1.96. The number of benzene rings is 1. The lowest BCUT2D eigenvalue weighted by molar-refractivity contribution is -0.137. The molecule has 0 aromatic heterocycles. The highest BCUT2D eigenvalue weighted by Crippen LogP contribution is 2.31. The largest absolute Gasteiger partial charge is 0.416 e. The topological polar surface area (TPSA) is 15.3 Å². The third-order valence-electron chi connectivity index (χ3n) is 2.98. The summed E-state index contributed by atoms with van der Waals surface area (Å²) in [6.07, 6.45) is -4.26. The molecule has 0 saturated carbocycles. The van der Waals surface area contributed by atoms with Crippen LogP contribution in [0.1, 0.15) is 11.1 Å². The van der Waals surface area contributed by atoms with Gasteiger partial charge in [0.15, 0.2) is 0 Å². The van der Waals surface area contributed by atoms with E-state index in [-0.39, 0.29) is 0 Å². The Balaban J connectivity index is 2.09. The molecule has 2 rings (SSSR count). The molecule has 0 bridgehead atoms. The average Bonchev–Trinajstić information content (AvgIpc) is 2.32. The van der Waals surface area contributed by atoms with Crippen LogP contribution in [-0.2, 0) is 12.7 Å². The molecule has 0 atom stereocenters. The Morgan fingerprint density at radius 3 is 2.44 bits per heavy atom. The van der Waals surface area contributed by atoms with Gasteiger partial charge < -0.3 is 5.32 Å². The van der Waals surface area contributed by atoms with E-state index in [1.807, 2.05) is 22.6 Å². The third kappa shape index (κ3) is 3.58. The van der Waals surface area contributed by atoms with Crippen LogP contribution < -0.4 is 5.32 Å². The second-order valence-corrected chi connectivity index (χ2v) is 5.49. The first-order chi connectivity index (χ1) is 8.47. The van der Waals surface area contributed by atoms with Crippen LogP contribution in [0.15, 0.2) is 18.2 Å². The van der Waals surface area contributed by atoms with Crippen LogP contribution in [0, 0.1) is 3.57 Å². The van der Waals surface area contributed by atoms with E-state index in [0.717, 1.165) is 38.3 Å². The van der Waals surface area contributed by atoms with E-state index in [0.29, 0.717) is 3.57 Å². The summed E-state index contributed by atoms with van der Waals surface area (Å²) >= 11 is 1.98. The number of halogens is 4. The molecule has 1 aliphatic heterocycles. The third-order valence-corrected chi connectivity index (χ3v) is 3.99. The van der Waals surface area contributed by atoms with Crippen LogP contribution in [-0.4, -0.2) is 31.1 Å². The van der Waals surface area contributed by atoms with Gasteiger partial charge in [0.2, 0.25) is 0 Å². The summed E-state index contributed by atoms with van der Waals surface area (Å²) in [5.41, 5.74) is 0.390. The van der Waals surface area contributed by atoms with E-state index in [1.54, 1.807) is 6.07 Å². The molecule has 0 radical (unpaired) electrons. The Morgan fingerprint density at radius 2 is 1.89 bits per heavy atom. The Kier molecular flexibility index (Phi) is 4.50. The Bertz CT molecular complexity index is 414. The molecule has 18 heavy (non-hydrogen) atoms. The van der Waals surface area contributed by atoms with Crippen molar-refractivity contribution in [3.63, 3.8) is 0 Å². The van der Waals surface area contributed by atoms with Crippen molar-refractivity contribution >= 4 is 22.6 Å². The lowest BCUT2D eigenvalue weighted by atomic mass is 10.1. The number of nitrogens with zero attached hydrogens (tertiary/aromatic N) is 1. The molecule has 2 nitrogen and oxygen atoms in total. The molecule has 0 aliphatic carbocycles. The van der Waals surface area contributed by atoms with E-state index in [1.165, 1.54) is 12.1 Å². The molecule has 1 N–H and O–H groups in total. The summed E-state index contributed by atoms with van der Waals surface area (Å²) in [6.45, 7) is 4.49. The first kappa shape index (κ1) is 14.1. The minimum absolute atomic E-state index is 0.573. The number of piperazine rings is 1. The average molecular weight is 370 g/mol. The highest BCUT2D eigenvalue weighted by atomic mass is 127. The maximum Gasteiger partial charge on any atom is 0.416 e. The first-order valence-corrected chi connectivity index (χ1v) is 6.83. The lowest BCUT2D eigenvalue weighted by Crippen LogP contribution is -2.43. The van der Waals surface area contributed by atoms with E-state index in [4.69, 9.17) is 0 Å². The minimum atomic E-state index is -4.26. The zero-order chi connectivity index (χ0) is 13.2. The quantitative estimate of drug-likeness (QED) is 0.806. The lowest BCUT2D eigenvalue weighted by Gasteiger charge is -2.27. The monoisotopic (exact) mass is 370 g/mol. The number of hydrogen-bond acceptors (Lipinski definition) is 2. The van der Waals surface area contributed by atoms with Crippen LogP contribution in [0.4, 0.5) is 13.2 Å². The molecule has 1 aromatic rings. The molecule has 1 heterocycles. The van der Waals surface area contributed by atoms with E-state index in [2.05, 4.69) is 10.2 Å². The SMILES string of the molecule is FC(F)(F)c1ccc(CN2CCNCC2)c(I)c1.